The minimum Gasteiger partial charge on any atom is -0.384 e. The van der Waals surface area contributed by atoms with Crippen molar-refractivity contribution in [1.29, 1.82) is 0 Å². The minimum atomic E-state index is 0.641. The third-order valence-corrected chi connectivity index (χ3v) is 1.85. The molecule has 2 nitrogen and oxygen atoms in total. The van der Waals surface area contributed by atoms with E-state index in [-0.39, 0.29) is 0 Å². The van der Waals surface area contributed by atoms with Crippen molar-refractivity contribution in [2.75, 3.05) is 6.54 Å². The van der Waals surface area contributed by atoms with E-state index >= 15 is 0 Å². The fourth-order valence-corrected chi connectivity index (χ4v) is 1.05. The minimum absolute atomic E-state index is 0.641. The van der Waals surface area contributed by atoms with Crippen LogP contribution in [0, 0.1) is 6.92 Å². The molecule has 0 fully saturated rings. The summed E-state index contributed by atoms with van der Waals surface area (Å²) >= 11 is 0. The molecule has 0 aromatic heterocycles. The van der Waals surface area contributed by atoms with Crippen molar-refractivity contribution in [1.82, 2.24) is 0 Å². The van der Waals surface area contributed by atoms with Crippen molar-refractivity contribution >= 4 is 5.84 Å². The lowest BCUT2D eigenvalue weighted by molar-refractivity contribution is 0.930. The number of benzene rings is 1. The Kier molecular flexibility index (Phi) is 3.50. The molecule has 0 heterocycles. The first kappa shape index (κ1) is 9.78. The average molecular weight is 176 g/mol. The van der Waals surface area contributed by atoms with Crippen LogP contribution >= 0.6 is 0 Å². The molecule has 0 saturated heterocycles. The SMILES string of the molecule is CCCN=C(N)c1ccc(C)cc1. The Morgan fingerprint density at radius 3 is 2.46 bits per heavy atom. The van der Waals surface area contributed by atoms with Crippen molar-refractivity contribution in [2.24, 2.45) is 10.7 Å². The largest absolute Gasteiger partial charge is 0.384 e. The Balaban J connectivity index is 2.77. The van der Waals surface area contributed by atoms with Gasteiger partial charge >= 0.3 is 0 Å². The molecule has 70 valence electrons. The van der Waals surface area contributed by atoms with Gasteiger partial charge in [0.2, 0.25) is 0 Å². The van der Waals surface area contributed by atoms with Gasteiger partial charge in [-0.25, -0.2) is 0 Å². The van der Waals surface area contributed by atoms with Crippen molar-refractivity contribution in [3.05, 3.63) is 35.4 Å². The number of amidine groups is 1. The topological polar surface area (TPSA) is 38.4 Å². The normalized spacial score (nSPS) is 11.7. The molecule has 1 rings (SSSR count). The number of nitrogens with two attached hydrogens (primary N) is 1. The van der Waals surface area contributed by atoms with Gasteiger partial charge in [-0.1, -0.05) is 36.8 Å². The highest BCUT2D eigenvalue weighted by molar-refractivity contribution is 5.97. The Morgan fingerprint density at radius 2 is 1.92 bits per heavy atom. The van der Waals surface area contributed by atoms with Crippen molar-refractivity contribution < 1.29 is 0 Å². The predicted octanol–water partition coefficient (Wildman–Crippen LogP) is 2.11. The molecule has 0 aliphatic carbocycles. The van der Waals surface area contributed by atoms with Crippen LogP contribution in [0.15, 0.2) is 29.3 Å². The summed E-state index contributed by atoms with van der Waals surface area (Å²) in [6, 6.07) is 8.10. The van der Waals surface area contributed by atoms with Gasteiger partial charge in [0.05, 0.1) is 0 Å². The fourth-order valence-electron chi connectivity index (χ4n) is 1.05. The van der Waals surface area contributed by atoms with Crippen LogP contribution in [-0.4, -0.2) is 12.4 Å². The van der Waals surface area contributed by atoms with Gasteiger partial charge in [-0.3, -0.25) is 4.99 Å². The number of hydrogen-bond acceptors (Lipinski definition) is 1. The van der Waals surface area contributed by atoms with E-state index in [1.54, 1.807) is 0 Å². The summed E-state index contributed by atoms with van der Waals surface area (Å²) in [6.07, 6.45) is 1.03. The van der Waals surface area contributed by atoms with Crippen molar-refractivity contribution in [2.45, 2.75) is 20.3 Å². The molecule has 1 aromatic rings. The maximum absolute atomic E-state index is 5.78. The Bertz CT molecular complexity index is 285. The molecule has 0 bridgehead atoms. The zero-order valence-corrected chi connectivity index (χ0v) is 8.25. The smallest absolute Gasteiger partial charge is 0.125 e. The summed E-state index contributed by atoms with van der Waals surface area (Å²) in [4.78, 5) is 4.24. The van der Waals surface area contributed by atoms with Crippen LogP contribution in [-0.2, 0) is 0 Å². The molecule has 1 aromatic carbocycles. The summed E-state index contributed by atoms with van der Waals surface area (Å²) in [5.74, 6) is 0.641. The zero-order chi connectivity index (χ0) is 9.68. The Hall–Kier alpha value is -1.31. The monoisotopic (exact) mass is 176 g/mol. The second kappa shape index (κ2) is 4.65. The molecule has 2 N–H and O–H groups in total. The molecule has 0 aliphatic heterocycles. The summed E-state index contributed by atoms with van der Waals surface area (Å²) in [5, 5.41) is 0. The standard InChI is InChI=1S/C11H16N2/c1-3-8-13-11(12)10-6-4-9(2)5-7-10/h4-7H,3,8H2,1-2H3,(H2,12,13). The van der Waals surface area contributed by atoms with E-state index in [1.165, 1.54) is 5.56 Å². The quantitative estimate of drug-likeness (QED) is 0.556. The maximum atomic E-state index is 5.78. The van der Waals surface area contributed by atoms with E-state index in [1.807, 2.05) is 24.3 Å². The van der Waals surface area contributed by atoms with Gasteiger partial charge in [0.15, 0.2) is 0 Å². The van der Waals surface area contributed by atoms with Gasteiger partial charge in [0.25, 0.3) is 0 Å². The highest BCUT2D eigenvalue weighted by Gasteiger charge is 1.95. The molecule has 0 aliphatic rings. The molecule has 0 spiro atoms. The van der Waals surface area contributed by atoms with Crippen LogP contribution < -0.4 is 5.73 Å². The number of hydrogen-bond donors (Lipinski definition) is 1. The van der Waals surface area contributed by atoms with Crippen LogP contribution in [0.4, 0.5) is 0 Å². The highest BCUT2D eigenvalue weighted by Crippen LogP contribution is 2.02. The van der Waals surface area contributed by atoms with Gasteiger partial charge in [-0.2, -0.15) is 0 Å². The molecule has 0 atom stereocenters. The molecule has 0 saturated carbocycles. The van der Waals surface area contributed by atoms with Gasteiger partial charge in [-0.05, 0) is 13.3 Å². The molecule has 0 radical (unpaired) electrons. The third-order valence-electron chi connectivity index (χ3n) is 1.85. The van der Waals surface area contributed by atoms with Crippen molar-refractivity contribution in [3.63, 3.8) is 0 Å². The summed E-state index contributed by atoms with van der Waals surface area (Å²) < 4.78 is 0. The van der Waals surface area contributed by atoms with E-state index < -0.39 is 0 Å². The van der Waals surface area contributed by atoms with Crippen LogP contribution in [0.1, 0.15) is 24.5 Å². The molecular formula is C11H16N2. The van der Waals surface area contributed by atoms with Crippen molar-refractivity contribution in [3.8, 4) is 0 Å². The predicted molar refractivity (Wildman–Crippen MR) is 57.1 cm³/mol. The lowest BCUT2D eigenvalue weighted by atomic mass is 10.1. The summed E-state index contributed by atoms with van der Waals surface area (Å²) in [6.45, 7) is 4.95. The first-order chi connectivity index (χ1) is 6.24. The fraction of sp³-hybridized carbons (Fsp3) is 0.364. The Labute approximate surface area is 79.5 Å². The number of rotatable bonds is 3. The molecule has 0 unspecified atom stereocenters. The van der Waals surface area contributed by atoms with Gasteiger partial charge in [-0.15, -0.1) is 0 Å². The van der Waals surface area contributed by atoms with E-state index in [9.17, 15) is 0 Å². The first-order valence-electron chi connectivity index (χ1n) is 4.61. The number of aryl methyl sites for hydroxylation is 1. The second-order valence-electron chi connectivity index (χ2n) is 3.13. The molecule has 13 heavy (non-hydrogen) atoms. The lowest BCUT2D eigenvalue weighted by Gasteiger charge is -2.00. The number of nitrogens with zero attached hydrogens (tertiary/aromatic N) is 1. The first-order valence-corrected chi connectivity index (χ1v) is 4.61. The van der Waals surface area contributed by atoms with E-state index in [4.69, 9.17) is 5.73 Å². The summed E-state index contributed by atoms with van der Waals surface area (Å²) in [5.41, 5.74) is 8.04. The van der Waals surface area contributed by atoms with Gasteiger partial charge in [0.1, 0.15) is 5.84 Å². The summed E-state index contributed by atoms with van der Waals surface area (Å²) in [7, 11) is 0. The van der Waals surface area contributed by atoms with Gasteiger partial charge < -0.3 is 5.73 Å². The maximum Gasteiger partial charge on any atom is 0.125 e. The van der Waals surface area contributed by atoms with Gasteiger partial charge in [0, 0.05) is 12.1 Å². The van der Waals surface area contributed by atoms with Crippen LogP contribution in [0.5, 0.6) is 0 Å². The van der Waals surface area contributed by atoms with Crippen LogP contribution in [0.3, 0.4) is 0 Å². The van der Waals surface area contributed by atoms with E-state index in [0.29, 0.717) is 5.84 Å². The van der Waals surface area contributed by atoms with Crippen LogP contribution in [0.25, 0.3) is 0 Å². The number of aliphatic imine (C=N–C) groups is 1. The highest BCUT2D eigenvalue weighted by atomic mass is 14.8. The molecule has 0 amide bonds. The van der Waals surface area contributed by atoms with E-state index in [0.717, 1.165) is 18.5 Å². The lowest BCUT2D eigenvalue weighted by Crippen LogP contribution is -2.13. The third kappa shape index (κ3) is 2.90. The average Bonchev–Trinajstić information content (AvgIpc) is 2.15. The molecular weight excluding hydrogens is 160 g/mol. The van der Waals surface area contributed by atoms with Crippen LogP contribution in [0.2, 0.25) is 0 Å². The zero-order valence-electron chi connectivity index (χ0n) is 8.25. The van der Waals surface area contributed by atoms with E-state index in [2.05, 4.69) is 18.8 Å². The Morgan fingerprint density at radius 1 is 1.31 bits per heavy atom. The second-order valence-corrected chi connectivity index (χ2v) is 3.13. The molecule has 2 heteroatoms.